The highest BCUT2D eigenvalue weighted by Crippen LogP contribution is 2.26. The van der Waals surface area contributed by atoms with Gasteiger partial charge < -0.3 is 5.32 Å². The number of nitrogens with zero attached hydrogens (tertiary/aromatic N) is 1. The maximum atomic E-state index is 13.9. The normalized spacial score (nSPS) is 10.0. The number of anilines is 1. The van der Waals surface area contributed by atoms with Crippen LogP contribution in [0, 0.1) is 17.1 Å². The Kier molecular flexibility index (Phi) is 4.56. The maximum absolute atomic E-state index is 13.9. The fourth-order valence-electron chi connectivity index (χ4n) is 1.63. The Morgan fingerprint density at radius 2 is 2.00 bits per heavy atom. The Morgan fingerprint density at radius 1 is 1.21 bits per heavy atom. The average molecular weight is 384 g/mol. The first-order valence-corrected chi connectivity index (χ1v) is 7.07. The van der Waals surface area contributed by atoms with Crippen molar-refractivity contribution in [1.82, 2.24) is 0 Å². The third kappa shape index (κ3) is 3.34. The molecule has 19 heavy (non-hydrogen) atoms. The summed E-state index contributed by atoms with van der Waals surface area (Å²) in [5.74, 6) is -0.467. The molecule has 96 valence electrons. The van der Waals surface area contributed by atoms with Crippen LogP contribution in [0.2, 0.25) is 0 Å². The number of benzene rings is 2. The Labute approximate surface area is 127 Å². The summed E-state index contributed by atoms with van der Waals surface area (Å²) in [6.45, 7) is 0.321. The van der Waals surface area contributed by atoms with Gasteiger partial charge in [0.25, 0.3) is 0 Å². The quantitative estimate of drug-likeness (QED) is 0.823. The molecule has 0 aliphatic heterocycles. The lowest BCUT2D eigenvalue weighted by Gasteiger charge is -2.10. The molecule has 0 unspecified atom stereocenters. The molecule has 0 spiro atoms. The molecular formula is C14H9Br2FN2. The van der Waals surface area contributed by atoms with Gasteiger partial charge in [-0.15, -0.1) is 0 Å². The van der Waals surface area contributed by atoms with Crippen molar-refractivity contribution in [2.75, 3.05) is 5.32 Å². The molecule has 0 saturated carbocycles. The van der Waals surface area contributed by atoms with Gasteiger partial charge in [-0.3, -0.25) is 0 Å². The van der Waals surface area contributed by atoms with Gasteiger partial charge in [0.15, 0.2) is 0 Å². The Morgan fingerprint density at radius 3 is 2.68 bits per heavy atom. The van der Waals surface area contributed by atoms with E-state index in [4.69, 9.17) is 5.26 Å². The molecule has 0 amide bonds. The monoisotopic (exact) mass is 382 g/mol. The lowest BCUT2D eigenvalue weighted by Crippen LogP contribution is -2.03. The van der Waals surface area contributed by atoms with Crippen LogP contribution in [0.3, 0.4) is 0 Å². The van der Waals surface area contributed by atoms with Crippen molar-refractivity contribution in [3.05, 3.63) is 62.3 Å². The zero-order valence-corrected chi connectivity index (χ0v) is 12.9. The van der Waals surface area contributed by atoms with Crippen LogP contribution >= 0.6 is 31.9 Å². The first-order chi connectivity index (χ1) is 9.11. The molecule has 1 N–H and O–H groups in total. The summed E-state index contributed by atoms with van der Waals surface area (Å²) >= 11 is 6.80. The number of hydrogen-bond donors (Lipinski definition) is 1. The summed E-state index contributed by atoms with van der Waals surface area (Å²) in [4.78, 5) is 0. The lowest BCUT2D eigenvalue weighted by atomic mass is 10.1. The molecule has 0 radical (unpaired) electrons. The molecule has 0 aromatic heterocycles. The molecule has 2 aromatic carbocycles. The number of rotatable bonds is 3. The Hall–Kier alpha value is -1.38. The fourth-order valence-corrected chi connectivity index (χ4v) is 2.81. The van der Waals surface area contributed by atoms with Crippen LogP contribution < -0.4 is 5.32 Å². The lowest BCUT2D eigenvalue weighted by molar-refractivity contribution is 0.609. The molecule has 2 rings (SSSR count). The van der Waals surface area contributed by atoms with Gasteiger partial charge in [0.2, 0.25) is 0 Å². The maximum Gasteiger partial charge on any atom is 0.145 e. The number of nitriles is 1. The van der Waals surface area contributed by atoms with E-state index in [2.05, 4.69) is 37.2 Å². The second-order valence-corrected chi connectivity index (χ2v) is 5.64. The molecule has 0 bridgehead atoms. The minimum absolute atomic E-state index is 0.0640. The largest absolute Gasteiger partial charge is 0.380 e. The van der Waals surface area contributed by atoms with Gasteiger partial charge in [-0.1, -0.05) is 28.1 Å². The first-order valence-electron chi connectivity index (χ1n) is 5.48. The zero-order valence-electron chi connectivity index (χ0n) is 9.75. The molecule has 0 saturated heterocycles. The topological polar surface area (TPSA) is 35.8 Å². The first kappa shape index (κ1) is 14.0. The van der Waals surface area contributed by atoms with E-state index in [1.807, 2.05) is 24.3 Å². The summed E-state index contributed by atoms with van der Waals surface area (Å²) in [5, 5.41) is 11.9. The number of nitrogens with one attached hydrogen (secondary N) is 1. The molecule has 0 aliphatic rings. The summed E-state index contributed by atoms with van der Waals surface area (Å²) in [5.41, 5.74) is 1.40. The fraction of sp³-hybridized carbons (Fsp3) is 0.0714. The highest BCUT2D eigenvalue weighted by atomic mass is 79.9. The molecule has 2 aromatic rings. The summed E-state index contributed by atoms with van der Waals surface area (Å²) in [6, 6.07) is 12.3. The van der Waals surface area contributed by atoms with E-state index in [9.17, 15) is 4.39 Å². The van der Waals surface area contributed by atoms with Crippen LogP contribution in [0.15, 0.2) is 45.3 Å². The summed E-state index contributed by atoms with van der Waals surface area (Å²) < 4.78 is 15.7. The highest BCUT2D eigenvalue weighted by molar-refractivity contribution is 9.11. The highest BCUT2D eigenvalue weighted by Gasteiger charge is 2.08. The molecule has 0 heterocycles. The van der Waals surface area contributed by atoms with E-state index in [-0.39, 0.29) is 5.56 Å². The molecular weight excluding hydrogens is 375 g/mol. The molecule has 0 atom stereocenters. The van der Waals surface area contributed by atoms with E-state index in [1.165, 1.54) is 6.07 Å². The van der Waals surface area contributed by atoms with Gasteiger partial charge in [0.1, 0.15) is 11.9 Å². The van der Waals surface area contributed by atoms with Crippen LogP contribution in [-0.2, 0) is 6.54 Å². The van der Waals surface area contributed by atoms with Crippen molar-refractivity contribution in [2.24, 2.45) is 0 Å². The zero-order chi connectivity index (χ0) is 13.8. The second-order valence-electron chi connectivity index (χ2n) is 3.87. The minimum atomic E-state index is -0.467. The molecule has 0 aliphatic carbocycles. The van der Waals surface area contributed by atoms with Crippen LogP contribution in [-0.4, -0.2) is 0 Å². The Bertz CT molecular complexity index is 650. The van der Waals surface area contributed by atoms with Crippen LogP contribution in [0.25, 0.3) is 0 Å². The van der Waals surface area contributed by atoms with Gasteiger partial charge in [0, 0.05) is 26.7 Å². The van der Waals surface area contributed by atoms with Crippen molar-refractivity contribution in [3.8, 4) is 6.07 Å². The van der Waals surface area contributed by atoms with E-state index in [0.717, 1.165) is 14.6 Å². The summed E-state index contributed by atoms with van der Waals surface area (Å²) in [6.07, 6.45) is 0. The smallest absolute Gasteiger partial charge is 0.145 e. The van der Waals surface area contributed by atoms with Crippen molar-refractivity contribution in [1.29, 1.82) is 5.26 Å². The van der Waals surface area contributed by atoms with Gasteiger partial charge in [-0.2, -0.15) is 5.26 Å². The third-order valence-corrected chi connectivity index (χ3v) is 3.75. The van der Waals surface area contributed by atoms with E-state index in [1.54, 1.807) is 12.1 Å². The van der Waals surface area contributed by atoms with Gasteiger partial charge in [-0.25, -0.2) is 4.39 Å². The van der Waals surface area contributed by atoms with E-state index in [0.29, 0.717) is 12.1 Å². The van der Waals surface area contributed by atoms with Crippen LogP contribution in [0.1, 0.15) is 11.1 Å². The second kappa shape index (κ2) is 6.18. The van der Waals surface area contributed by atoms with E-state index >= 15 is 0 Å². The SMILES string of the molecule is N#Cc1cccc(CNc2ccc(Br)cc2Br)c1F. The predicted octanol–water partition coefficient (Wildman–Crippen LogP) is 4.83. The van der Waals surface area contributed by atoms with Crippen LogP contribution in [0.5, 0.6) is 0 Å². The van der Waals surface area contributed by atoms with Crippen molar-refractivity contribution < 1.29 is 4.39 Å². The minimum Gasteiger partial charge on any atom is -0.380 e. The van der Waals surface area contributed by atoms with Crippen LogP contribution in [0.4, 0.5) is 10.1 Å². The van der Waals surface area contributed by atoms with Crippen molar-refractivity contribution >= 4 is 37.5 Å². The molecule has 0 fully saturated rings. The van der Waals surface area contributed by atoms with Gasteiger partial charge in [0.05, 0.1) is 5.56 Å². The molecule has 5 heteroatoms. The summed E-state index contributed by atoms with van der Waals surface area (Å²) in [7, 11) is 0. The van der Waals surface area contributed by atoms with Crippen molar-refractivity contribution in [2.45, 2.75) is 6.54 Å². The molecule has 2 nitrogen and oxygen atoms in total. The Balaban J connectivity index is 2.17. The van der Waals surface area contributed by atoms with Crippen molar-refractivity contribution in [3.63, 3.8) is 0 Å². The predicted molar refractivity (Wildman–Crippen MR) is 80.3 cm³/mol. The average Bonchev–Trinajstić information content (AvgIpc) is 2.39. The van der Waals surface area contributed by atoms with Gasteiger partial charge in [-0.05, 0) is 40.2 Å². The number of hydrogen-bond acceptors (Lipinski definition) is 2. The third-order valence-electron chi connectivity index (χ3n) is 2.60. The number of halogens is 3. The standard InChI is InChI=1S/C14H9Br2FN2/c15-11-4-5-13(12(16)6-11)19-8-10-3-1-2-9(7-18)14(10)17/h1-6,19H,8H2. The van der Waals surface area contributed by atoms with Gasteiger partial charge >= 0.3 is 0 Å². The van der Waals surface area contributed by atoms with E-state index < -0.39 is 5.82 Å².